The van der Waals surface area contributed by atoms with Gasteiger partial charge in [-0.1, -0.05) is 0 Å². The zero-order chi connectivity index (χ0) is 13.7. The maximum atomic E-state index is 8.86. The summed E-state index contributed by atoms with van der Waals surface area (Å²) in [6.45, 7) is 5.10. The lowest BCUT2D eigenvalue weighted by molar-refractivity contribution is 0.578. The third-order valence-electron chi connectivity index (χ3n) is 3.78. The van der Waals surface area contributed by atoms with Crippen LogP contribution in [0.3, 0.4) is 0 Å². The summed E-state index contributed by atoms with van der Waals surface area (Å²) in [7, 11) is 2.05. The highest BCUT2D eigenvalue weighted by molar-refractivity contribution is 5.56. The third kappa shape index (κ3) is 3.64. The Labute approximate surface area is 116 Å². The minimum Gasteiger partial charge on any atom is -0.373 e. The Bertz CT molecular complexity index is 426. The van der Waals surface area contributed by atoms with Gasteiger partial charge >= 0.3 is 0 Å². The van der Waals surface area contributed by atoms with Crippen molar-refractivity contribution in [2.45, 2.75) is 26.2 Å². The SMILES string of the molecule is CC(C#N)CN(C)c1ccc(N2CCCCC2)cc1. The Hall–Kier alpha value is -1.69. The molecule has 0 aliphatic carbocycles. The number of nitriles is 1. The van der Waals surface area contributed by atoms with E-state index in [-0.39, 0.29) is 5.92 Å². The molecular formula is C16H23N3. The van der Waals surface area contributed by atoms with Crippen LogP contribution in [-0.2, 0) is 0 Å². The lowest BCUT2D eigenvalue weighted by Crippen LogP contribution is -2.29. The summed E-state index contributed by atoms with van der Waals surface area (Å²) < 4.78 is 0. The van der Waals surface area contributed by atoms with E-state index in [4.69, 9.17) is 5.26 Å². The fraction of sp³-hybridized carbons (Fsp3) is 0.562. The van der Waals surface area contributed by atoms with Crippen LogP contribution in [0.1, 0.15) is 26.2 Å². The zero-order valence-corrected chi connectivity index (χ0v) is 12.0. The minimum absolute atomic E-state index is 0.0618. The van der Waals surface area contributed by atoms with E-state index < -0.39 is 0 Å². The quantitative estimate of drug-likeness (QED) is 0.829. The smallest absolute Gasteiger partial charge is 0.0671 e. The first kappa shape index (κ1) is 13.7. The van der Waals surface area contributed by atoms with Crippen molar-refractivity contribution in [1.82, 2.24) is 0 Å². The monoisotopic (exact) mass is 257 g/mol. The molecule has 19 heavy (non-hydrogen) atoms. The molecule has 1 aliphatic rings. The molecule has 0 radical (unpaired) electrons. The van der Waals surface area contributed by atoms with E-state index in [0.717, 1.165) is 6.54 Å². The van der Waals surface area contributed by atoms with Gasteiger partial charge in [-0.15, -0.1) is 0 Å². The average Bonchev–Trinajstić information content (AvgIpc) is 2.48. The molecule has 1 saturated heterocycles. The number of benzene rings is 1. The first-order valence-corrected chi connectivity index (χ1v) is 7.16. The second-order valence-electron chi connectivity index (χ2n) is 5.47. The van der Waals surface area contributed by atoms with Gasteiger partial charge in [0, 0.05) is 38.1 Å². The molecule has 0 amide bonds. The maximum Gasteiger partial charge on any atom is 0.0671 e. The number of hydrogen-bond acceptors (Lipinski definition) is 3. The van der Waals surface area contributed by atoms with E-state index in [1.54, 1.807) is 0 Å². The lowest BCUT2D eigenvalue weighted by atomic mass is 10.1. The standard InChI is InChI=1S/C16H23N3/c1-14(12-17)13-18(2)15-6-8-16(9-7-15)19-10-4-3-5-11-19/h6-9,14H,3-5,10-11,13H2,1-2H3. The molecule has 1 aromatic carbocycles. The molecule has 102 valence electrons. The van der Waals surface area contributed by atoms with E-state index in [1.165, 1.54) is 43.7 Å². The second kappa shape index (κ2) is 6.47. The number of anilines is 2. The summed E-state index contributed by atoms with van der Waals surface area (Å²) >= 11 is 0. The molecule has 0 spiro atoms. The normalized spacial score (nSPS) is 16.8. The molecule has 1 aromatic rings. The Morgan fingerprint density at radius 3 is 2.42 bits per heavy atom. The van der Waals surface area contributed by atoms with Gasteiger partial charge in [-0.2, -0.15) is 5.26 Å². The Balaban J connectivity index is 1.99. The van der Waals surface area contributed by atoms with E-state index in [9.17, 15) is 0 Å². The van der Waals surface area contributed by atoms with Crippen molar-refractivity contribution in [1.29, 1.82) is 5.26 Å². The highest BCUT2D eigenvalue weighted by atomic mass is 15.1. The molecule has 1 atom stereocenters. The van der Waals surface area contributed by atoms with Crippen molar-refractivity contribution in [2.75, 3.05) is 36.5 Å². The summed E-state index contributed by atoms with van der Waals surface area (Å²) in [5, 5.41) is 8.86. The van der Waals surface area contributed by atoms with Crippen LogP contribution in [0, 0.1) is 17.2 Å². The Morgan fingerprint density at radius 2 is 1.84 bits per heavy atom. The first-order chi connectivity index (χ1) is 9.20. The molecule has 2 rings (SSSR count). The van der Waals surface area contributed by atoms with Gasteiger partial charge in [0.15, 0.2) is 0 Å². The van der Waals surface area contributed by atoms with Crippen LogP contribution in [0.25, 0.3) is 0 Å². The van der Waals surface area contributed by atoms with Gasteiger partial charge in [0.2, 0.25) is 0 Å². The topological polar surface area (TPSA) is 30.3 Å². The third-order valence-corrected chi connectivity index (χ3v) is 3.78. The van der Waals surface area contributed by atoms with Crippen LogP contribution in [0.5, 0.6) is 0 Å². The van der Waals surface area contributed by atoms with Gasteiger partial charge < -0.3 is 9.80 Å². The van der Waals surface area contributed by atoms with Crippen LogP contribution in [-0.4, -0.2) is 26.7 Å². The largest absolute Gasteiger partial charge is 0.373 e. The van der Waals surface area contributed by atoms with Gasteiger partial charge in [-0.3, -0.25) is 0 Å². The van der Waals surface area contributed by atoms with Crippen LogP contribution < -0.4 is 9.80 Å². The van der Waals surface area contributed by atoms with Crippen LogP contribution >= 0.6 is 0 Å². The molecule has 3 nitrogen and oxygen atoms in total. The number of hydrogen-bond donors (Lipinski definition) is 0. The maximum absolute atomic E-state index is 8.86. The molecule has 1 aliphatic heterocycles. The van der Waals surface area contributed by atoms with Gasteiger partial charge in [-0.05, 0) is 50.5 Å². The van der Waals surface area contributed by atoms with Crippen molar-refractivity contribution in [2.24, 2.45) is 5.92 Å². The lowest BCUT2D eigenvalue weighted by Gasteiger charge is -2.29. The molecule has 1 fully saturated rings. The van der Waals surface area contributed by atoms with Crippen LogP contribution in [0.2, 0.25) is 0 Å². The number of nitrogens with zero attached hydrogens (tertiary/aromatic N) is 3. The minimum atomic E-state index is 0.0618. The first-order valence-electron chi connectivity index (χ1n) is 7.16. The van der Waals surface area contributed by atoms with Crippen molar-refractivity contribution in [3.05, 3.63) is 24.3 Å². The highest BCUT2D eigenvalue weighted by Gasteiger charge is 2.11. The predicted octanol–water partition coefficient (Wildman–Crippen LogP) is 3.27. The Morgan fingerprint density at radius 1 is 1.21 bits per heavy atom. The summed E-state index contributed by atoms with van der Waals surface area (Å²) in [5.74, 6) is 0.0618. The van der Waals surface area contributed by atoms with Crippen molar-refractivity contribution in [3.8, 4) is 6.07 Å². The fourth-order valence-corrected chi connectivity index (χ4v) is 2.63. The summed E-state index contributed by atoms with van der Waals surface area (Å²) in [4.78, 5) is 4.61. The molecule has 0 saturated carbocycles. The van der Waals surface area contributed by atoms with Crippen LogP contribution in [0.4, 0.5) is 11.4 Å². The molecule has 0 aromatic heterocycles. The molecule has 1 heterocycles. The molecule has 3 heteroatoms. The second-order valence-corrected chi connectivity index (χ2v) is 5.47. The molecular weight excluding hydrogens is 234 g/mol. The summed E-state index contributed by atoms with van der Waals surface area (Å²) in [6.07, 6.45) is 3.98. The summed E-state index contributed by atoms with van der Waals surface area (Å²) in [5.41, 5.74) is 2.51. The fourth-order valence-electron chi connectivity index (χ4n) is 2.63. The highest BCUT2D eigenvalue weighted by Crippen LogP contribution is 2.23. The number of rotatable bonds is 4. The van der Waals surface area contributed by atoms with Gasteiger partial charge in [0.25, 0.3) is 0 Å². The molecule has 0 N–H and O–H groups in total. The molecule has 0 bridgehead atoms. The predicted molar refractivity (Wildman–Crippen MR) is 80.6 cm³/mol. The number of piperidine rings is 1. The van der Waals surface area contributed by atoms with Gasteiger partial charge in [-0.25, -0.2) is 0 Å². The van der Waals surface area contributed by atoms with E-state index >= 15 is 0 Å². The summed E-state index contributed by atoms with van der Waals surface area (Å²) in [6, 6.07) is 11.0. The average molecular weight is 257 g/mol. The van der Waals surface area contributed by atoms with E-state index in [1.807, 2.05) is 14.0 Å². The zero-order valence-electron chi connectivity index (χ0n) is 12.0. The van der Waals surface area contributed by atoms with Crippen molar-refractivity contribution < 1.29 is 0 Å². The van der Waals surface area contributed by atoms with Crippen LogP contribution in [0.15, 0.2) is 24.3 Å². The van der Waals surface area contributed by atoms with Gasteiger partial charge in [0.05, 0.1) is 12.0 Å². The van der Waals surface area contributed by atoms with Gasteiger partial charge in [0.1, 0.15) is 0 Å². The van der Waals surface area contributed by atoms with Crippen molar-refractivity contribution in [3.63, 3.8) is 0 Å². The van der Waals surface area contributed by atoms with Crippen molar-refractivity contribution >= 4 is 11.4 Å². The van der Waals surface area contributed by atoms with E-state index in [0.29, 0.717) is 0 Å². The van der Waals surface area contributed by atoms with E-state index in [2.05, 4.69) is 40.1 Å². The Kier molecular flexibility index (Phi) is 4.68. The molecule has 1 unspecified atom stereocenters.